The van der Waals surface area contributed by atoms with E-state index in [9.17, 15) is 4.79 Å². The zero-order valence-corrected chi connectivity index (χ0v) is 11.9. The summed E-state index contributed by atoms with van der Waals surface area (Å²) in [5, 5.41) is 0. The Hall–Kier alpha value is -0.900. The summed E-state index contributed by atoms with van der Waals surface area (Å²) in [5.41, 5.74) is 10.2. The first kappa shape index (κ1) is 24.4. The summed E-state index contributed by atoms with van der Waals surface area (Å²) in [6.07, 6.45) is 0. The van der Waals surface area contributed by atoms with Crippen LogP contribution in [0.5, 0.6) is 0 Å². The van der Waals surface area contributed by atoms with E-state index >= 15 is 0 Å². The molecule has 0 aromatic heterocycles. The smallest absolute Gasteiger partial charge is 0.234 e. The van der Waals surface area contributed by atoms with Crippen molar-refractivity contribution >= 4 is 12.7 Å². The summed E-state index contributed by atoms with van der Waals surface area (Å²) in [4.78, 5) is 18.2. The van der Waals surface area contributed by atoms with E-state index in [-0.39, 0.29) is 8.77 Å². The number of primary amides is 1. The second-order valence-corrected chi connectivity index (χ2v) is 3.90. The zero-order valence-electron chi connectivity index (χ0n) is 11.9. The number of amides is 1. The van der Waals surface area contributed by atoms with Gasteiger partial charge in [0.2, 0.25) is 5.91 Å². The Balaban J connectivity index is -0.0000000312. The highest BCUT2D eigenvalue weighted by Crippen LogP contribution is 1.95. The average Bonchev–Trinajstić information content (AvgIpc) is 2.21. The van der Waals surface area contributed by atoms with Crippen LogP contribution in [0.2, 0.25) is 0 Å². The lowest BCUT2D eigenvalue weighted by atomic mass is 10.1. The minimum atomic E-state index is -0.491. The monoisotopic (exact) mass is 238 g/mol. The van der Waals surface area contributed by atoms with E-state index in [0.29, 0.717) is 0 Å². The highest BCUT2D eigenvalue weighted by molar-refractivity contribution is 5.79. The van der Waals surface area contributed by atoms with E-state index in [2.05, 4.69) is 20.8 Å². The van der Waals surface area contributed by atoms with Gasteiger partial charge in [-0.2, -0.15) is 0 Å². The van der Waals surface area contributed by atoms with Gasteiger partial charge in [0.05, 0.1) is 6.04 Å². The van der Waals surface area contributed by atoms with Crippen molar-refractivity contribution in [3.63, 3.8) is 0 Å². The lowest BCUT2D eigenvalue weighted by Gasteiger charge is -2.09. The Morgan fingerprint density at radius 1 is 1.06 bits per heavy atom. The first-order valence-corrected chi connectivity index (χ1v) is 5.62. The highest BCUT2D eigenvalue weighted by atomic mass is 16.1. The van der Waals surface area contributed by atoms with Crippen LogP contribution in [0.1, 0.15) is 51.3 Å². The van der Waals surface area contributed by atoms with Gasteiger partial charge in [-0.05, 0) is 11.8 Å². The van der Waals surface area contributed by atoms with Gasteiger partial charge >= 0.3 is 0 Å². The van der Waals surface area contributed by atoms with Gasteiger partial charge in [0.1, 0.15) is 6.79 Å². The molecule has 0 aliphatic heterocycles. The number of nitrogens with two attached hydrogens (primary N) is 2. The molecule has 0 aliphatic rings. The normalized spacial score (nSPS) is 9.88. The Morgan fingerprint density at radius 3 is 1.25 bits per heavy atom. The fraction of sp³-hybridized carbons (Fsp3) is 0.833. The largest absolute Gasteiger partial charge is 0.368 e. The summed E-state index contributed by atoms with van der Waals surface area (Å²) in [6, 6.07) is -0.491. The third-order valence-corrected chi connectivity index (χ3v) is 1.05. The van der Waals surface area contributed by atoms with Crippen LogP contribution in [0.4, 0.5) is 0 Å². The van der Waals surface area contributed by atoms with Gasteiger partial charge in [-0.25, -0.2) is 0 Å². The van der Waals surface area contributed by atoms with Crippen LogP contribution in [0.3, 0.4) is 0 Å². The molecule has 0 radical (unpaired) electrons. The van der Waals surface area contributed by atoms with Crippen molar-refractivity contribution in [2.24, 2.45) is 23.3 Å². The maximum Gasteiger partial charge on any atom is 0.234 e. The standard InChI is InChI=1S/C5H12N2O.C4H10.C2H6.CH2O.2H2/c1-3(2)4(6)5(7)8;1-4(2)3;2*1-2;;/h3-4H,6H2,1-2H3,(H2,7,8);4H,1-3H3;1-2H3;1H2;2*1H/t4-;;;;;/m0...../s1. The number of hydrogen-bond acceptors (Lipinski definition) is 3. The lowest BCUT2D eigenvalue weighted by Crippen LogP contribution is -2.40. The molecular weight excluding hydrogens is 204 g/mol. The predicted molar refractivity (Wildman–Crippen MR) is 75.2 cm³/mol. The fourth-order valence-electron chi connectivity index (χ4n) is 0.329. The molecule has 0 rings (SSSR count). The second kappa shape index (κ2) is 19.6. The lowest BCUT2D eigenvalue weighted by molar-refractivity contribution is -0.120. The molecule has 0 bridgehead atoms. The molecule has 16 heavy (non-hydrogen) atoms. The number of hydrogen-bond donors (Lipinski definition) is 2. The second-order valence-electron chi connectivity index (χ2n) is 3.90. The first-order valence-electron chi connectivity index (χ1n) is 5.62. The molecule has 0 saturated carbocycles. The van der Waals surface area contributed by atoms with Crippen LogP contribution in [-0.2, 0) is 9.59 Å². The van der Waals surface area contributed by atoms with E-state index < -0.39 is 11.9 Å². The number of carbonyl (C=O) groups is 2. The molecule has 0 aromatic carbocycles. The Labute approximate surface area is 104 Å². The fourth-order valence-corrected chi connectivity index (χ4v) is 0.329. The molecule has 0 fully saturated rings. The van der Waals surface area contributed by atoms with Gasteiger partial charge in [0, 0.05) is 2.85 Å². The third kappa shape index (κ3) is 38.0. The van der Waals surface area contributed by atoms with Crippen molar-refractivity contribution < 1.29 is 12.4 Å². The quantitative estimate of drug-likeness (QED) is 0.774. The number of rotatable bonds is 2. The summed E-state index contributed by atoms with van der Waals surface area (Å²) in [7, 11) is 0. The van der Waals surface area contributed by atoms with Gasteiger partial charge < -0.3 is 16.3 Å². The molecule has 4 nitrogen and oxygen atoms in total. The highest BCUT2D eigenvalue weighted by Gasteiger charge is 2.12. The SMILES string of the molecule is C=O.CC.CC(C)C.CC(C)[C@H](N)C(N)=O.[HH].[HH]. The minimum absolute atomic E-state index is 0. The molecule has 4 N–H and O–H groups in total. The van der Waals surface area contributed by atoms with Crippen molar-refractivity contribution in [2.45, 2.75) is 54.5 Å². The molecule has 0 saturated heterocycles. The van der Waals surface area contributed by atoms with Crippen LogP contribution in [0.15, 0.2) is 0 Å². The van der Waals surface area contributed by atoms with E-state index in [1.807, 2.05) is 34.5 Å². The van der Waals surface area contributed by atoms with Crippen LogP contribution in [0, 0.1) is 11.8 Å². The van der Waals surface area contributed by atoms with Gasteiger partial charge in [0.25, 0.3) is 0 Å². The zero-order chi connectivity index (χ0) is 14.3. The molecule has 0 aromatic rings. The molecule has 1 amide bonds. The molecule has 0 spiro atoms. The molecule has 104 valence electrons. The number of carbonyl (C=O) groups excluding carboxylic acids is 2. The Bertz CT molecular complexity index is 143. The Kier molecular flexibility index (Phi) is 29.9. The van der Waals surface area contributed by atoms with Gasteiger partial charge in [-0.15, -0.1) is 0 Å². The topological polar surface area (TPSA) is 86.2 Å². The van der Waals surface area contributed by atoms with Crippen LogP contribution in [0.25, 0.3) is 0 Å². The van der Waals surface area contributed by atoms with E-state index in [1.54, 1.807) is 0 Å². The van der Waals surface area contributed by atoms with E-state index in [1.165, 1.54) is 0 Å². The van der Waals surface area contributed by atoms with Crippen LogP contribution < -0.4 is 11.5 Å². The molecule has 0 heterocycles. The average molecular weight is 238 g/mol. The van der Waals surface area contributed by atoms with Crippen molar-refractivity contribution in [1.29, 1.82) is 0 Å². The van der Waals surface area contributed by atoms with Crippen molar-refractivity contribution in [2.75, 3.05) is 0 Å². The van der Waals surface area contributed by atoms with Crippen molar-refractivity contribution in [3.8, 4) is 0 Å². The van der Waals surface area contributed by atoms with Gasteiger partial charge in [-0.3, -0.25) is 4.79 Å². The van der Waals surface area contributed by atoms with Crippen LogP contribution in [-0.4, -0.2) is 18.7 Å². The third-order valence-electron chi connectivity index (χ3n) is 1.05. The maximum absolute atomic E-state index is 10.2. The van der Waals surface area contributed by atoms with Crippen molar-refractivity contribution in [3.05, 3.63) is 0 Å². The molecule has 1 atom stereocenters. The molecule has 0 aliphatic carbocycles. The van der Waals surface area contributed by atoms with Gasteiger partial charge in [0.15, 0.2) is 0 Å². The van der Waals surface area contributed by atoms with Crippen LogP contribution >= 0.6 is 0 Å². The minimum Gasteiger partial charge on any atom is -0.368 e. The molecule has 4 heteroatoms. The van der Waals surface area contributed by atoms with E-state index in [4.69, 9.17) is 16.3 Å². The first-order chi connectivity index (χ1) is 7.29. The summed E-state index contributed by atoms with van der Waals surface area (Å²) in [6.45, 7) is 16.2. The summed E-state index contributed by atoms with van der Waals surface area (Å²) < 4.78 is 0. The predicted octanol–water partition coefficient (Wildman–Crippen LogP) is 2.45. The molecule has 0 unspecified atom stereocenters. The van der Waals surface area contributed by atoms with Crippen molar-refractivity contribution in [1.82, 2.24) is 0 Å². The summed E-state index contributed by atoms with van der Waals surface area (Å²) in [5.74, 6) is 0.549. The maximum atomic E-state index is 10.2. The molecular formula is C12H34N2O2. The van der Waals surface area contributed by atoms with Gasteiger partial charge in [-0.1, -0.05) is 48.5 Å². The summed E-state index contributed by atoms with van der Waals surface area (Å²) >= 11 is 0. The van der Waals surface area contributed by atoms with E-state index in [0.717, 1.165) is 5.92 Å². The Morgan fingerprint density at radius 2 is 1.25 bits per heavy atom.